The highest BCUT2D eigenvalue weighted by molar-refractivity contribution is 5.97. The number of methoxy groups -OCH3 is 1. The summed E-state index contributed by atoms with van der Waals surface area (Å²) in [5.74, 6) is 0.339. The van der Waals surface area contributed by atoms with Gasteiger partial charge in [0, 0.05) is 25.5 Å². The number of fused-ring (bicyclic) bond motifs is 1. The summed E-state index contributed by atoms with van der Waals surface area (Å²) in [5, 5.41) is 10.5. The summed E-state index contributed by atoms with van der Waals surface area (Å²) in [7, 11) is 5.55. The van der Waals surface area contributed by atoms with Gasteiger partial charge in [-0.2, -0.15) is 10.1 Å². The molecule has 0 unspecified atom stereocenters. The maximum atomic E-state index is 13.4. The maximum absolute atomic E-state index is 13.4. The van der Waals surface area contributed by atoms with E-state index < -0.39 is 5.92 Å². The van der Waals surface area contributed by atoms with Crippen molar-refractivity contribution in [2.75, 3.05) is 36.7 Å². The largest absolute Gasteiger partial charge is 0.495 e. The molecule has 154 valence electrons. The van der Waals surface area contributed by atoms with Gasteiger partial charge in [0.15, 0.2) is 0 Å². The summed E-state index contributed by atoms with van der Waals surface area (Å²) in [6, 6.07) is 15.0. The second kappa shape index (κ2) is 7.90. The Balaban J connectivity index is 1.72. The van der Waals surface area contributed by atoms with E-state index in [-0.39, 0.29) is 11.9 Å². The van der Waals surface area contributed by atoms with Crippen LogP contribution in [-0.2, 0) is 4.79 Å². The number of aromatic nitrogens is 3. The van der Waals surface area contributed by atoms with Crippen molar-refractivity contribution in [3.63, 3.8) is 0 Å². The molecule has 2 N–H and O–H groups in total. The van der Waals surface area contributed by atoms with E-state index in [1.807, 2.05) is 55.4 Å². The molecule has 2 aromatic carbocycles. The van der Waals surface area contributed by atoms with Crippen LogP contribution < -0.4 is 20.3 Å². The van der Waals surface area contributed by atoms with Crippen molar-refractivity contribution in [1.29, 1.82) is 0 Å². The number of carbonyl (C=O) groups is 1. The molecule has 1 aliphatic rings. The number of hydrogen-bond acceptors (Lipinski definition) is 6. The fraction of sp³-hybridized carbons (Fsp3) is 0.227. The molecule has 3 aromatic rings. The minimum absolute atomic E-state index is 0.208. The minimum Gasteiger partial charge on any atom is -0.495 e. The van der Waals surface area contributed by atoms with Gasteiger partial charge >= 0.3 is 0 Å². The van der Waals surface area contributed by atoms with E-state index in [4.69, 9.17) is 4.74 Å². The topological polar surface area (TPSA) is 84.3 Å². The number of nitrogens with one attached hydrogen (secondary N) is 2. The van der Waals surface area contributed by atoms with Gasteiger partial charge < -0.3 is 20.3 Å². The van der Waals surface area contributed by atoms with Crippen molar-refractivity contribution in [3.8, 4) is 5.75 Å². The van der Waals surface area contributed by atoms with E-state index in [0.29, 0.717) is 23.1 Å². The first-order chi connectivity index (χ1) is 14.5. The molecule has 2 atom stereocenters. The van der Waals surface area contributed by atoms with Crippen LogP contribution in [0.1, 0.15) is 11.6 Å². The average Bonchev–Trinajstić information content (AvgIpc) is 3.21. The van der Waals surface area contributed by atoms with E-state index >= 15 is 0 Å². The van der Waals surface area contributed by atoms with Crippen LogP contribution in [0.5, 0.6) is 5.75 Å². The van der Waals surface area contributed by atoms with Crippen LogP contribution >= 0.6 is 0 Å². The number of para-hydroxylation sites is 2. The SMILES string of the molecule is C=C1Nc2ncnn2[C@@H](c2ccc(N(C)C)cc2)[C@@H]1C(=O)Nc1ccccc1OC. The van der Waals surface area contributed by atoms with E-state index in [1.165, 1.54) is 6.33 Å². The average molecular weight is 404 g/mol. The van der Waals surface area contributed by atoms with Crippen LogP contribution in [0.25, 0.3) is 0 Å². The fourth-order valence-corrected chi connectivity index (χ4v) is 3.66. The number of amides is 1. The van der Waals surface area contributed by atoms with Crippen molar-refractivity contribution in [3.05, 3.63) is 72.7 Å². The number of carbonyl (C=O) groups excluding carboxylic acids is 1. The quantitative estimate of drug-likeness (QED) is 0.680. The van der Waals surface area contributed by atoms with E-state index in [1.54, 1.807) is 23.9 Å². The standard InChI is InChI=1S/C22H24N6O2/c1-14-19(21(29)26-17-7-5-6-8-18(17)30-4)20(28-22(25-14)23-13-24-28)15-9-11-16(12-10-15)27(2)3/h5-13,19-20H,1H2,2-4H3,(H,26,29)(H,23,24,25)/t19-,20+/m1/s1. The molecule has 0 aliphatic carbocycles. The lowest BCUT2D eigenvalue weighted by Gasteiger charge is -2.34. The molecule has 0 radical (unpaired) electrons. The van der Waals surface area contributed by atoms with Crippen molar-refractivity contribution in [1.82, 2.24) is 14.8 Å². The summed E-state index contributed by atoms with van der Waals surface area (Å²) < 4.78 is 7.09. The van der Waals surface area contributed by atoms with Gasteiger partial charge in [0.2, 0.25) is 11.9 Å². The molecule has 1 aliphatic heterocycles. The Labute approximate surface area is 175 Å². The number of rotatable bonds is 5. The van der Waals surface area contributed by atoms with Crippen molar-refractivity contribution in [2.24, 2.45) is 5.92 Å². The van der Waals surface area contributed by atoms with Crippen LogP contribution in [0.3, 0.4) is 0 Å². The van der Waals surface area contributed by atoms with Gasteiger partial charge in [0.1, 0.15) is 18.0 Å². The monoisotopic (exact) mass is 404 g/mol. The highest BCUT2D eigenvalue weighted by Gasteiger charge is 2.39. The number of hydrogen-bond donors (Lipinski definition) is 2. The predicted molar refractivity (Wildman–Crippen MR) is 117 cm³/mol. The molecular formula is C22H24N6O2. The zero-order valence-electron chi connectivity index (χ0n) is 17.2. The number of nitrogens with zero attached hydrogens (tertiary/aromatic N) is 4. The zero-order chi connectivity index (χ0) is 21.3. The van der Waals surface area contributed by atoms with Crippen LogP contribution in [0, 0.1) is 5.92 Å². The molecule has 2 heterocycles. The summed E-state index contributed by atoms with van der Waals surface area (Å²) in [4.78, 5) is 19.7. The van der Waals surface area contributed by atoms with E-state index in [9.17, 15) is 4.79 Å². The Hall–Kier alpha value is -3.81. The third kappa shape index (κ3) is 3.47. The lowest BCUT2D eigenvalue weighted by molar-refractivity contribution is -0.119. The molecule has 1 aromatic heterocycles. The van der Waals surface area contributed by atoms with Gasteiger partial charge in [0.05, 0.1) is 18.8 Å². The van der Waals surface area contributed by atoms with Crippen LogP contribution in [0.15, 0.2) is 67.1 Å². The van der Waals surface area contributed by atoms with Crippen LogP contribution in [-0.4, -0.2) is 41.9 Å². The van der Waals surface area contributed by atoms with Gasteiger partial charge in [-0.15, -0.1) is 0 Å². The molecule has 0 saturated carbocycles. The van der Waals surface area contributed by atoms with E-state index in [0.717, 1.165) is 11.3 Å². The molecule has 4 rings (SSSR count). The zero-order valence-corrected chi connectivity index (χ0v) is 17.2. The molecule has 8 heteroatoms. The molecule has 0 fully saturated rings. The number of benzene rings is 2. The Bertz CT molecular complexity index is 1070. The maximum Gasteiger partial charge on any atom is 0.236 e. The van der Waals surface area contributed by atoms with Crippen LogP contribution in [0.4, 0.5) is 17.3 Å². The normalized spacial score (nSPS) is 17.6. The first kappa shape index (κ1) is 19.5. The molecule has 30 heavy (non-hydrogen) atoms. The summed E-state index contributed by atoms with van der Waals surface area (Å²) >= 11 is 0. The van der Waals surface area contributed by atoms with Gasteiger partial charge in [-0.3, -0.25) is 4.79 Å². The molecule has 0 saturated heterocycles. The first-order valence-electron chi connectivity index (χ1n) is 9.56. The summed E-state index contributed by atoms with van der Waals surface area (Å²) in [6.07, 6.45) is 1.47. The number of anilines is 3. The third-order valence-corrected chi connectivity index (χ3v) is 5.20. The van der Waals surface area contributed by atoms with Gasteiger partial charge in [0.25, 0.3) is 0 Å². The Morgan fingerprint density at radius 1 is 1.20 bits per heavy atom. The second-order valence-electron chi connectivity index (χ2n) is 7.28. The van der Waals surface area contributed by atoms with Crippen molar-refractivity contribution in [2.45, 2.75) is 6.04 Å². The van der Waals surface area contributed by atoms with Gasteiger partial charge in [-0.1, -0.05) is 30.8 Å². The number of ether oxygens (including phenoxy) is 1. The first-order valence-corrected chi connectivity index (χ1v) is 9.56. The second-order valence-corrected chi connectivity index (χ2v) is 7.28. The smallest absolute Gasteiger partial charge is 0.236 e. The lowest BCUT2D eigenvalue weighted by atomic mass is 9.88. The Morgan fingerprint density at radius 3 is 2.63 bits per heavy atom. The van der Waals surface area contributed by atoms with Gasteiger partial charge in [-0.25, -0.2) is 4.68 Å². The third-order valence-electron chi connectivity index (χ3n) is 5.20. The van der Waals surface area contributed by atoms with Gasteiger partial charge in [-0.05, 0) is 29.8 Å². The fourth-order valence-electron chi connectivity index (χ4n) is 3.66. The summed E-state index contributed by atoms with van der Waals surface area (Å²) in [6.45, 7) is 4.11. The lowest BCUT2D eigenvalue weighted by Crippen LogP contribution is -2.39. The minimum atomic E-state index is -0.602. The molecule has 1 amide bonds. The summed E-state index contributed by atoms with van der Waals surface area (Å²) in [5.41, 5.74) is 3.17. The van der Waals surface area contributed by atoms with Crippen molar-refractivity contribution < 1.29 is 9.53 Å². The van der Waals surface area contributed by atoms with Crippen LogP contribution in [0.2, 0.25) is 0 Å². The highest BCUT2D eigenvalue weighted by Crippen LogP contribution is 2.38. The predicted octanol–water partition coefficient (Wildman–Crippen LogP) is 3.14. The molecular weight excluding hydrogens is 380 g/mol. The van der Waals surface area contributed by atoms with E-state index in [2.05, 4.69) is 27.3 Å². The molecule has 8 nitrogen and oxygen atoms in total. The molecule has 0 spiro atoms. The Kier molecular flexibility index (Phi) is 5.14. The van der Waals surface area contributed by atoms with Crippen molar-refractivity contribution >= 4 is 23.2 Å². The molecule has 0 bridgehead atoms. The highest BCUT2D eigenvalue weighted by atomic mass is 16.5. The Morgan fingerprint density at radius 2 is 1.93 bits per heavy atom.